The number of para-hydroxylation sites is 1. The number of aryl methyl sites for hydroxylation is 2. The monoisotopic (exact) mass is 398 g/mol. The Morgan fingerprint density at radius 2 is 1.79 bits per heavy atom. The molecule has 0 spiro atoms. The minimum absolute atomic E-state index is 0.0467. The van der Waals surface area contributed by atoms with Gasteiger partial charge in [0.15, 0.2) is 0 Å². The summed E-state index contributed by atoms with van der Waals surface area (Å²) in [6.07, 6.45) is 0.989. The molecule has 4 rings (SSSR count). The fourth-order valence-corrected chi connectivity index (χ4v) is 5.60. The Bertz CT molecular complexity index is 1080. The van der Waals surface area contributed by atoms with Gasteiger partial charge in [-0.15, -0.1) is 0 Å². The number of nitrogens with zero attached hydrogens (tertiary/aromatic N) is 2. The Labute approximate surface area is 164 Å². The molecule has 2 aliphatic heterocycles. The van der Waals surface area contributed by atoms with Gasteiger partial charge in [-0.1, -0.05) is 24.3 Å². The molecule has 28 heavy (non-hydrogen) atoms. The van der Waals surface area contributed by atoms with E-state index in [0.717, 1.165) is 33.1 Å². The van der Waals surface area contributed by atoms with Crippen LogP contribution in [0.4, 0.5) is 5.69 Å². The lowest BCUT2D eigenvalue weighted by molar-refractivity contribution is -0.129. The third-order valence-corrected chi connectivity index (χ3v) is 7.46. The largest absolute Gasteiger partial charge is 0.310 e. The molecule has 1 fully saturated rings. The van der Waals surface area contributed by atoms with Crippen LogP contribution in [0, 0.1) is 13.8 Å². The van der Waals surface area contributed by atoms with E-state index in [1.54, 1.807) is 17.0 Å². The van der Waals surface area contributed by atoms with Crippen LogP contribution in [0.1, 0.15) is 29.5 Å². The van der Waals surface area contributed by atoms with Gasteiger partial charge in [0.25, 0.3) is 15.9 Å². The second kappa shape index (κ2) is 6.74. The van der Waals surface area contributed by atoms with Crippen molar-refractivity contribution in [2.45, 2.75) is 44.0 Å². The number of hydrogen-bond acceptors (Lipinski definition) is 4. The van der Waals surface area contributed by atoms with Crippen molar-refractivity contribution >= 4 is 27.5 Å². The van der Waals surface area contributed by atoms with Gasteiger partial charge < -0.3 is 4.90 Å². The maximum atomic E-state index is 13.2. The highest BCUT2D eigenvalue weighted by Crippen LogP contribution is 2.33. The highest BCUT2D eigenvalue weighted by molar-refractivity contribution is 7.89. The molecule has 1 saturated heterocycles. The van der Waals surface area contributed by atoms with Crippen molar-refractivity contribution in [3.05, 3.63) is 59.2 Å². The number of carbonyl (C=O) groups is 2. The number of anilines is 1. The lowest BCUT2D eigenvalue weighted by atomic mass is 10.1. The van der Waals surface area contributed by atoms with E-state index in [4.69, 9.17) is 0 Å². The van der Waals surface area contributed by atoms with Crippen LogP contribution in [0.3, 0.4) is 0 Å². The molecule has 0 unspecified atom stereocenters. The lowest BCUT2D eigenvalue weighted by Gasteiger charge is -2.28. The second-order valence-electron chi connectivity index (χ2n) is 7.36. The zero-order valence-electron chi connectivity index (χ0n) is 15.9. The van der Waals surface area contributed by atoms with E-state index in [1.165, 1.54) is 6.07 Å². The van der Waals surface area contributed by atoms with E-state index in [-0.39, 0.29) is 23.6 Å². The summed E-state index contributed by atoms with van der Waals surface area (Å²) in [6.45, 7) is 4.22. The highest BCUT2D eigenvalue weighted by atomic mass is 32.2. The normalized spacial score (nSPS) is 19.2. The van der Waals surface area contributed by atoms with Gasteiger partial charge in [0.2, 0.25) is 5.91 Å². The predicted octanol–water partition coefficient (Wildman–Crippen LogP) is 2.57. The van der Waals surface area contributed by atoms with Crippen LogP contribution in [0.15, 0.2) is 47.4 Å². The summed E-state index contributed by atoms with van der Waals surface area (Å²) in [5, 5.41) is 0. The number of amides is 2. The molecule has 0 radical (unpaired) electrons. The van der Waals surface area contributed by atoms with Crippen molar-refractivity contribution in [1.82, 2.24) is 4.31 Å². The molecular formula is C21H22N2O4S. The Morgan fingerprint density at radius 3 is 2.54 bits per heavy atom. The summed E-state index contributed by atoms with van der Waals surface area (Å²) in [4.78, 5) is 27.4. The van der Waals surface area contributed by atoms with Crippen LogP contribution in [0.5, 0.6) is 0 Å². The van der Waals surface area contributed by atoms with E-state index in [1.807, 2.05) is 38.1 Å². The van der Waals surface area contributed by atoms with Gasteiger partial charge in [-0.05, 0) is 61.6 Å². The van der Waals surface area contributed by atoms with E-state index >= 15 is 0 Å². The first-order chi connectivity index (χ1) is 13.3. The number of rotatable bonds is 3. The van der Waals surface area contributed by atoms with Crippen molar-refractivity contribution in [2.24, 2.45) is 0 Å². The van der Waals surface area contributed by atoms with Crippen molar-refractivity contribution < 1.29 is 18.0 Å². The molecule has 6 nitrogen and oxygen atoms in total. The van der Waals surface area contributed by atoms with Crippen LogP contribution in [-0.4, -0.2) is 37.1 Å². The maximum Gasteiger partial charge on any atom is 0.267 e. The number of benzene rings is 2. The first kappa shape index (κ1) is 18.7. The minimum Gasteiger partial charge on any atom is -0.310 e. The van der Waals surface area contributed by atoms with Gasteiger partial charge in [0.05, 0.1) is 4.90 Å². The second-order valence-corrected chi connectivity index (χ2v) is 9.18. The predicted molar refractivity (Wildman–Crippen MR) is 105 cm³/mol. The molecule has 2 aromatic carbocycles. The molecule has 0 N–H and O–H groups in total. The molecule has 2 aliphatic rings. The zero-order valence-corrected chi connectivity index (χ0v) is 16.7. The van der Waals surface area contributed by atoms with Crippen LogP contribution in [0.25, 0.3) is 0 Å². The third-order valence-electron chi connectivity index (χ3n) is 5.63. The topological polar surface area (TPSA) is 74.8 Å². The molecule has 0 saturated carbocycles. The third kappa shape index (κ3) is 2.90. The molecule has 2 amide bonds. The first-order valence-electron chi connectivity index (χ1n) is 9.34. The summed E-state index contributed by atoms with van der Waals surface area (Å²) >= 11 is 0. The SMILES string of the molecule is Cc1ccc(S(=O)(=O)N2C(=O)CC[C@H]2C(=O)N2CCc3ccccc32)cc1C. The van der Waals surface area contributed by atoms with Crippen LogP contribution >= 0.6 is 0 Å². The summed E-state index contributed by atoms with van der Waals surface area (Å²) in [7, 11) is -4.09. The van der Waals surface area contributed by atoms with Crippen LogP contribution in [-0.2, 0) is 26.0 Å². The molecule has 2 heterocycles. The number of carbonyl (C=O) groups excluding carboxylic acids is 2. The summed E-state index contributed by atoms with van der Waals surface area (Å²) in [5.74, 6) is -0.854. The molecule has 2 aromatic rings. The molecule has 1 atom stereocenters. The fraction of sp³-hybridized carbons (Fsp3) is 0.333. The van der Waals surface area contributed by atoms with Crippen LogP contribution < -0.4 is 4.90 Å². The Morgan fingerprint density at radius 1 is 1.04 bits per heavy atom. The van der Waals surface area contributed by atoms with Crippen LogP contribution in [0.2, 0.25) is 0 Å². The Kier molecular flexibility index (Phi) is 4.50. The molecular weight excluding hydrogens is 376 g/mol. The minimum atomic E-state index is -4.09. The first-order valence-corrected chi connectivity index (χ1v) is 10.8. The molecule has 0 aromatic heterocycles. The number of hydrogen-bond donors (Lipinski definition) is 0. The van der Waals surface area contributed by atoms with E-state index in [9.17, 15) is 18.0 Å². The average molecular weight is 398 g/mol. The van der Waals surface area contributed by atoms with Gasteiger partial charge >= 0.3 is 0 Å². The van der Waals surface area contributed by atoms with Gasteiger partial charge in [-0.2, -0.15) is 0 Å². The van der Waals surface area contributed by atoms with E-state index in [0.29, 0.717) is 6.54 Å². The zero-order chi connectivity index (χ0) is 20.1. The Hall–Kier alpha value is -2.67. The maximum absolute atomic E-state index is 13.2. The standard InChI is InChI=1S/C21H22N2O4S/c1-14-7-8-17(13-15(14)2)28(26,27)23-19(9-10-20(23)24)21(25)22-12-11-16-5-3-4-6-18(16)22/h3-8,13,19H,9-12H2,1-2H3/t19-/m0/s1. The average Bonchev–Trinajstić information content (AvgIpc) is 3.27. The number of fused-ring (bicyclic) bond motifs is 1. The van der Waals surface area contributed by atoms with E-state index in [2.05, 4.69) is 0 Å². The summed E-state index contributed by atoms with van der Waals surface area (Å²) < 4.78 is 27.2. The summed E-state index contributed by atoms with van der Waals surface area (Å²) in [5.41, 5.74) is 3.65. The van der Waals surface area contributed by atoms with Crippen molar-refractivity contribution in [3.63, 3.8) is 0 Å². The van der Waals surface area contributed by atoms with Crippen molar-refractivity contribution in [2.75, 3.05) is 11.4 Å². The van der Waals surface area contributed by atoms with Gasteiger partial charge in [-0.25, -0.2) is 12.7 Å². The molecule has 0 aliphatic carbocycles. The van der Waals surface area contributed by atoms with Gasteiger partial charge in [0.1, 0.15) is 6.04 Å². The van der Waals surface area contributed by atoms with E-state index < -0.39 is 22.0 Å². The van der Waals surface area contributed by atoms with Gasteiger partial charge in [0, 0.05) is 18.7 Å². The lowest BCUT2D eigenvalue weighted by Crippen LogP contribution is -2.48. The fourth-order valence-electron chi connectivity index (χ4n) is 3.92. The quantitative estimate of drug-likeness (QED) is 0.796. The molecule has 146 valence electrons. The van der Waals surface area contributed by atoms with Gasteiger partial charge in [-0.3, -0.25) is 9.59 Å². The number of sulfonamides is 1. The molecule has 0 bridgehead atoms. The smallest absolute Gasteiger partial charge is 0.267 e. The van der Waals surface area contributed by atoms with Crippen molar-refractivity contribution in [3.8, 4) is 0 Å². The highest BCUT2D eigenvalue weighted by Gasteiger charge is 2.46. The van der Waals surface area contributed by atoms with Crippen molar-refractivity contribution in [1.29, 1.82) is 0 Å². The Balaban J connectivity index is 1.69. The summed E-state index contributed by atoms with van der Waals surface area (Å²) in [6, 6.07) is 11.4. The molecule has 7 heteroatoms.